The summed E-state index contributed by atoms with van der Waals surface area (Å²) in [4.78, 5) is 16.5. The molecule has 2 heterocycles. The number of fused-ring (bicyclic) bond motifs is 1. The minimum absolute atomic E-state index is 0.0894. The van der Waals surface area contributed by atoms with Gasteiger partial charge in [-0.1, -0.05) is 23.7 Å². The Kier molecular flexibility index (Phi) is 4.32. The van der Waals surface area contributed by atoms with Gasteiger partial charge in [-0.05, 0) is 42.3 Å². The number of aromatic nitrogens is 2. The molecule has 0 aliphatic rings. The Morgan fingerprint density at radius 2 is 2.22 bits per heavy atom. The van der Waals surface area contributed by atoms with Gasteiger partial charge in [-0.2, -0.15) is 0 Å². The van der Waals surface area contributed by atoms with E-state index in [0.717, 1.165) is 5.56 Å². The fourth-order valence-corrected chi connectivity index (χ4v) is 2.50. The molecule has 0 aliphatic carbocycles. The van der Waals surface area contributed by atoms with Gasteiger partial charge in [-0.25, -0.2) is 4.98 Å². The molecule has 0 aliphatic heterocycles. The molecule has 0 saturated carbocycles. The van der Waals surface area contributed by atoms with E-state index in [0.29, 0.717) is 21.9 Å². The number of nitrogens with one attached hydrogen (secondary N) is 1. The number of aliphatic hydroxyl groups is 1. The summed E-state index contributed by atoms with van der Waals surface area (Å²) in [5.74, 6) is -0.326. The predicted molar refractivity (Wildman–Crippen MR) is 88.7 cm³/mol. The Labute approximate surface area is 138 Å². The summed E-state index contributed by atoms with van der Waals surface area (Å²) in [6, 6.07) is 10.8. The molecule has 5 nitrogen and oxygen atoms in total. The van der Waals surface area contributed by atoms with Gasteiger partial charge in [0, 0.05) is 24.0 Å². The summed E-state index contributed by atoms with van der Waals surface area (Å²) in [5.41, 5.74) is 2.76. The normalized spacial score (nSPS) is 12.3. The van der Waals surface area contributed by atoms with E-state index >= 15 is 0 Å². The van der Waals surface area contributed by atoms with Gasteiger partial charge < -0.3 is 14.8 Å². The van der Waals surface area contributed by atoms with Crippen molar-refractivity contribution in [1.82, 2.24) is 14.7 Å². The zero-order valence-corrected chi connectivity index (χ0v) is 13.3. The van der Waals surface area contributed by atoms with Gasteiger partial charge in [0.15, 0.2) is 0 Å². The standard InChI is InChI=1S/C17H16ClN3O2/c1-11-5-6-21-10-14(20-16(21)7-11)17(23)19-9-15(22)12-3-2-4-13(18)8-12/h2-8,10,15,22H,9H2,1H3,(H,19,23)/t15-/m1/s1. The van der Waals surface area contributed by atoms with Crippen molar-refractivity contribution in [3.8, 4) is 0 Å². The first kappa shape index (κ1) is 15.5. The van der Waals surface area contributed by atoms with Crippen LogP contribution in [0.3, 0.4) is 0 Å². The molecule has 0 saturated heterocycles. The second-order valence-electron chi connectivity index (χ2n) is 5.38. The lowest BCUT2D eigenvalue weighted by atomic mass is 10.1. The van der Waals surface area contributed by atoms with Gasteiger partial charge in [0.05, 0.1) is 6.10 Å². The fraction of sp³-hybridized carbons (Fsp3) is 0.176. The number of imidazole rings is 1. The number of hydrogen-bond donors (Lipinski definition) is 2. The van der Waals surface area contributed by atoms with Gasteiger partial charge in [-0.15, -0.1) is 0 Å². The average molecular weight is 330 g/mol. The Balaban J connectivity index is 1.68. The number of nitrogens with zero attached hydrogens (tertiary/aromatic N) is 2. The van der Waals surface area contributed by atoms with Crippen molar-refractivity contribution in [2.75, 3.05) is 6.54 Å². The van der Waals surface area contributed by atoms with E-state index in [1.165, 1.54) is 0 Å². The van der Waals surface area contributed by atoms with E-state index in [4.69, 9.17) is 11.6 Å². The van der Waals surface area contributed by atoms with E-state index in [1.807, 2.05) is 25.3 Å². The van der Waals surface area contributed by atoms with Crippen LogP contribution in [0, 0.1) is 6.92 Å². The van der Waals surface area contributed by atoms with Crippen LogP contribution in [0.4, 0.5) is 0 Å². The van der Waals surface area contributed by atoms with Gasteiger partial charge >= 0.3 is 0 Å². The number of hydrogen-bond acceptors (Lipinski definition) is 3. The summed E-state index contributed by atoms with van der Waals surface area (Å²) in [6.45, 7) is 2.06. The summed E-state index contributed by atoms with van der Waals surface area (Å²) < 4.78 is 1.79. The maximum Gasteiger partial charge on any atom is 0.271 e. The molecule has 1 atom stereocenters. The summed E-state index contributed by atoms with van der Waals surface area (Å²) in [7, 11) is 0. The van der Waals surface area contributed by atoms with Crippen LogP contribution in [-0.2, 0) is 0 Å². The topological polar surface area (TPSA) is 66.6 Å². The minimum Gasteiger partial charge on any atom is -0.387 e. The lowest BCUT2D eigenvalue weighted by Gasteiger charge is -2.11. The Bertz CT molecular complexity index is 860. The van der Waals surface area contributed by atoms with Crippen molar-refractivity contribution >= 4 is 23.2 Å². The number of carbonyl (C=O) groups excluding carboxylic acids is 1. The predicted octanol–water partition coefficient (Wildman–Crippen LogP) is 2.76. The highest BCUT2D eigenvalue weighted by molar-refractivity contribution is 6.30. The average Bonchev–Trinajstić information content (AvgIpc) is 2.95. The second-order valence-corrected chi connectivity index (χ2v) is 5.81. The van der Waals surface area contributed by atoms with Crippen LogP contribution in [-0.4, -0.2) is 26.9 Å². The number of rotatable bonds is 4. The summed E-state index contributed by atoms with van der Waals surface area (Å²) >= 11 is 5.89. The van der Waals surface area contributed by atoms with Crippen LogP contribution >= 0.6 is 11.6 Å². The SMILES string of the molecule is Cc1ccn2cc(C(=O)NC[C@@H](O)c3cccc(Cl)c3)nc2c1. The van der Waals surface area contributed by atoms with Crippen LogP contribution in [0.15, 0.2) is 48.8 Å². The van der Waals surface area contributed by atoms with Crippen molar-refractivity contribution in [2.24, 2.45) is 0 Å². The number of benzene rings is 1. The molecule has 23 heavy (non-hydrogen) atoms. The van der Waals surface area contributed by atoms with Gasteiger partial charge in [-0.3, -0.25) is 4.79 Å². The summed E-state index contributed by atoms with van der Waals surface area (Å²) in [5, 5.41) is 13.3. The third kappa shape index (κ3) is 3.52. The van der Waals surface area contributed by atoms with Crippen molar-refractivity contribution in [3.05, 3.63) is 70.6 Å². The monoisotopic (exact) mass is 329 g/mol. The maximum atomic E-state index is 12.2. The minimum atomic E-state index is -0.822. The van der Waals surface area contributed by atoms with Crippen molar-refractivity contribution in [2.45, 2.75) is 13.0 Å². The molecule has 2 aromatic heterocycles. The van der Waals surface area contributed by atoms with E-state index in [9.17, 15) is 9.90 Å². The zero-order chi connectivity index (χ0) is 16.4. The lowest BCUT2D eigenvalue weighted by molar-refractivity contribution is 0.0912. The molecule has 0 bridgehead atoms. The smallest absolute Gasteiger partial charge is 0.271 e. The number of amides is 1. The molecule has 3 rings (SSSR count). The van der Waals surface area contributed by atoms with Crippen molar-refractivity contribution in [1.29, 1.82) is 0 Å². The third-order valence-electron chi connectivity index (χ3n) is 3.54. The van der Waals surface area contributed by atoms with Gasteiger partial charge in [0.2, 0.25) is 0 Å². The first-order valence-corrected chi connectivity index (χ1v) is 7.58. The highest BCUT2D eigenvalue weighted by Gasteiger charge is 2.14. The number of halogens is 1. The van der Waals surface area contributed by atoms with E-state index < -0.39 is 6.10 Å². The van der Waals surface area contributed by atoms with Crippen molar-refractivity contribution in [3.63, 3.8) is 0 Å². The maximum absolute atomic E-state index is 12.2. The molecule has 0 radical (unpaired) electrons. The van der Waals surface area contributed by atoms with Crippen LogP contribution in [0.2, 0.25) is 5.02 Å². The molecule has 0 unspecified atom stereocenters. The van der Waals surface area contributed by atoms with E-state index in [1.54, 1.807) is 34.9 Å². The Morgan fingerprint density at radius 3 is 3.00 bits per heavy atom. The molecule has 0 fully saturated rings. The molecular weight excluding hydrogens is 314 g/mol. The highest BCUT2D eigenvalue weighted by atomic mass is 35.5. The third-order valence-corrected chi connectivity index (χ3v) is 3.77. The molecule has 1 aromatic carbocycles. The molecule has 3 aromatic rings. The lowest BCUT2D eigenvalue weighted by Crippen LogP contribution is -2.28. The Hall–Kier alpha value is -2.37. The first-order valence-electron chi connectivity index (χ1n) is 7.20. The molecule has 0 spiro atoms. The zero-order valence-electron chi connectivity index (χ0n) is 12.5. The highest BCUT2D eigenvalue weighted by Crippen LogP contribution is 2.17. The van der Waals surface area contributed by atoms with Crippen LogP contribution in [0.25, 0.3) is 5.65 Å². The first-order chi connectivity index (χ1) is 11.0. The van der Waals surface area contributed by atoms with Crippen LogP contribution < -0.4 is 5.32 Å². The molecule has 1 amide bonds. The molecule has 6 heteroatoms. The number of pyridine rings is 1. The van der Waals surface area contributed by atoms with E-state index in [-0.39, 0.29) is 12.5 Å². The Morgan fingerprint density at radius 1 is 1.39 bits per heavy atom. The quantitative estimate of drug-likeness (QED) is 0.773. The van der Waals surface area contributed by atoms with Gasteiger partial charge in [0.1, 0.15) is 11.3 Å². The number of aliphatic hydroxyl groups excluding tert-OH is 1. The molecule has 118 valence electrons. The van der Waals surface area contributed by atoms with Crippen LogP contribution in [0.5, 0.6) is 0 Å². The van der Waals surface area contributed by atoms with Gasteiger partial charge in [0.25, 0.3) is 5.91 Å². The van der Waals surface area contributed by atoms with Crippen LogP contribution in [0.1, 0.15) is 27.7 Å². The largest absolute Gasteiger partial charge is 0.387 e. The summed E-state index contributed by atoms with van der Waals surface area (Å²) in [6.07, 6.45) is 2.70. The fourth-order valence-electron chi connectivity index (χ4n) is 2.30. The second kappa shape index (κ2) is 6.40. The number of carbonyl (C=O) groups is 1. The molecule has 2 N–H and O–H groups in total. The van der Waals surface area contributed by atoms with E-state index in [2.05, 4.69) is 10.3 Å². The van der Waals surface area contributed by atoms with Crippen molar-refractivity contribution < 1.29 is 9.90 Å². The number of aryl methyl sites for hydroxylation is 1. The molecular formula is C17H16ClN3O2.